The van der Waals surface area contributed by atoms with Gasteiger partial charge in [0.15, 0.2) is 0 Å². The van der Waals surface area contributed by atoms with Crippen molar-refractivity contribution in [1.82, 2.24) is 4.98 Å². The lowest BCUT2D eigenvalue weighted by atomic mass is 10.1. The van der Waals surface area contributed by atoms with E-state index in [1.807, 2.05) is 4.90 Å². The van der Waals surface area contributed by atoms with Crippen LogP contribution in [0.3, 0.4) is 0 Å². The van der Waals surface area contributed by atoms with Crippen LogP contribution in [0.4, 0.5) is 24.8 Å². The van der Waals surface area contributed by atoms with Crippen molar-refractivity contribution in [3.8, 4) is 0 Å². The zero-order valence-electron chi connectivity index (χ0n) is 11.1. The molecule has 0 spiro atoms. The first-order chi connectivity index (χ1) is 9.44. The van der Waals surface area contributed by atoms with E-state index in [1.165, 1.54) is 0 Å². The van der Waals surface area contributed by atoms with Crippen LogP contribution in [0.25, 0.3) is 0 Å². The van der Waals surface area contributed by atoms with Gasteiger partial charge in [0.25, 0.3) is 0 Å². The molecule has 1 aromatic rings. The van der Waals surface area contributed by atoms with Crippen molar-refractivity contribution in [2.45, 2.75) is 25.1 Å². The lowest BCUT2D eigenvalue weighted by Crippen LogP contribution is -2.37. The van der Waals surface area contributed by atoms with E-state index in [0.29, 0.717) is 13.1 Å². The largest absolute Gasteiger partial charge is 0.416 e. The molecular formula is C12H17F3N4O. The smallest absolute Gasteiger partial charge is 0.381 e. The number of alkyl halides is 3. The van der Waals surface area contributed by atoms with Gasteiger partial charge in [-0.25, -0.2) is 10.8 Å². The van der Waals surface area contributed by atoms with Crippen molar-refractivity contribution in [2.24, 2.45) is 5.84 Å². The molecule has 0 aliphatic carbocycles. The highest BCUT2D eigenvalue weighted by molar-refractivity contribution is 5.51. The van der Waals surface area contributed by atoms with Crippen molar-refractivity contribution in [2.75, 3.05) is 30.5 Å². The standard InChI is InChI=1S/C12H17F3N4O/c1-20-9-2-4-19(5-3-9)11-7-8(12(13,14)15)6-10(17-11)18-16/h6-7,9H,2-5,16H2,1H3,(H,17,18). The number of nitrogens with two attached hydrogens (primary N) is 1. The average Bonchev–Trinajstić information content (AvgIpc) is 2.46. The van der Waals surface area contributed by atoms with Crippen molar-refractivity contribution >= 4 is 11.6 Å². The number of pyridine rings is 1. The Bertz CT molecular complexity index is 459. The average molecular weight is 290 g/mol. The van der Waals surface area contributed by atoms with E-state index >= 15 is 0 Å². The minimum Gasteiger partial charge on any atom is -0.381 e. The zero-order valence-corrected chi connectivity index (χ0v) is 11.1. The van der Waals surface area contributed by atoms with Crippen LogP contribution in [-0.4, -0.2) is 31.3 Å². The van der Waals surface area contributed by atoms with E-state index in [-0.39, 0.29) is 17.7 Å². The first-order valence-corrected chi connectivity index (χ1v) is 6.27. The third-order valence-corrected chi connectivity index (χ3v) is 3.39. The Morgan fingerprint density at radius 2 is 2.00 bits per heavy atom. The third kappa shape index (κ3) is 3.31. The Morgan fingerprint density at radius 3 is 2.50 bits per heavy atom. The van der Waals surface area contributed by atoms with Crippen molar-refractivity contribution < 1.29 is 17.9 Å². The summed E-state index contributed by atoms with van der Waals surface area (Å²) < 4.78 is 43.7. The molecule has 1 fully saturated rings. The van der Waals surface area contributed by atoms with Gasteiger partial charge >= 0.3 is 6.18 Å². The van der Waals surface area contributed by atoms with E-state index in [9.17, 15) is 13.2 Å². The molecule has 5 nitrogen and oxygen atoms in total. The fourth-order valence-electron chi connectivity index (χ4n) is 2.24. The van der Waals surface area contributed by atoms with Crippen LogP contribution in [0.1, 0.15) is 18.4 Å². The van der Waals surface area contributed by atoms with E-state index < -0.39 is 11.7 Å². The van der Waals surface area contributed by atoms with E-state index in [0.717, 1.165) is 25.0 Å². The summed E-state index contributed by atoms with van der Waals surface area (Å²) in [6.07, 6.45) is -2.74. The number of hydrogen-bond acceptors (Lipinski definition) is 5. The van der Waals surface area contributed by atoms with E-state index in [4.69, 9.17) is 10.6 Å². The second kappa shape index (κ2) is 5.84. The van der Waals surface area contributed by atoms with Gasteiger partial charge in [-0.1, -0.05) is 0 Å². The predicted molar refractivity (Wildman–Crippen MR) is 69.3 cm³/mol. The summed E-state index contributed by atoms with van der Waals surface area (Å²) >= 11 is 0. The summed E-state index contributed by atoms with van der Waals surface area (Å²) in [5.74, 6) is 5.47. The summed E-state index contributed by atoms with van der Waals surface area (Å²) in [4.78, 5) is 5.90. The van der Waals surface area contributed by atoms with Gasteiger partial charge in [-0.15, -0.1) is 0 Å². The maximum Gasteiger partial charge on any atom is 0.416 e. The molecule has 0 unspecified atom stereocenters. The second-order valence-corrected chi connectivity index (χ2v) is 4.66. The number of rotatable bonds is 3. The van der Waals surface area contributed by atoms with Crippen LogP contribution in [0, 0.1) is 0 Å². The zero-order chi connectivity index (χ0) is 14.8. The quantitative estimate of drug-likeness (QED) is 0.658. The molecule has 0 bridgehead atoms. The van der Waals surface area contributed by atoms with Gasteiger partial charge in [-0.05, 0) is 25.0 Å². The Labute approximate surface area is 114 Å². The maximum absolute atomic E-state index is 12.8. The van der Waals surface area contributed by atoms with Crippen LogP contribution < -0.4 is 16.2 Å². The number of nitrogen functional groups attached to an aromatic ring is 1. The SMILES string of the molecule is COC1CCN(c2cc(C(F)(F)F)cc(NN)n2)CC1. The van der Waals surface area contributed by atoms with Crippen LogP contribution in [0.15, 0.2) is 12.1 Å². The molecule has 112 valence electrons. The van der Waals surface area contributed by atoms with Crippen LogP contribution in [-0.2, 0) is 10.9 Å². The molecule has 2 heterocycles. The number of piperidine rings is 1. The van der Waals surface area contributed by atoms with Crippen molar-refractivity contribution in [3.63, 3.8) is 0 Å². The molecule has 0 radical (unpaired) electrons. The van der Waals surface area contributed by atoms with Gasteiger partial charge in [-0.2, -0.15) is 13.2 Å². The number of halogens is 3. The molecule has 1 aliphatic heterocycles. The summed E-state index contributed by atoms with van der Waals surface area (Å²) in [6, 6.07) is 1.94. The fourth-order valence-corrected chi connectivity index (χ4v) is 2.24. The summed E-state index contributed by atoms with van der Waals surface area (Å²) in [5.41, 5.74) is 1.42. The molecule has 0 amide bonds. The van der Waals surface area contributed by atoms with Crippen LogP contribution in [0.5, 0.6) is 0 Å². The third-order valence-electron chi connectivity index (χ3n) is 3.39. The fraction of sp³-hybridized carbons (Fsp3) is 0.583. The molecule has 0 aromatic carbocycles. The predicted octanol–water partition coefficient (Wildman–Crippen LogP) is 2.00. The molecule has 0 atom stereocenters. The Morgan fingerprint density at radius 1 is 1.35 bits per heavy atom. The Balaban J connectivity index is 2.23. The summed E-state index contributed by atoms with van der Waals surface area (Å²) in [5, 5.41) is 0. The normalized spacial score (nSPS) is 17.4. The van der Waals surface area contributed by atoms with Gasteiger partial charge < -0.3 is 15.1 Å². The number of anilines is 2. The second-order valence-electron chi connectivity index (χ2n) is 4.66. The first kappa shape index (κ1) is 14.9. The van der Waals surface area contributed by atoms with Crippen LogP contribution in [0.2, 0.25) is 0 Å². The molecule has 8 heteroatoms. The van der Waals surface area contributed by atoms with Gasteiger partial charge in [0.05, 0.1) is 11.7 Å². The van der Waals surface area contributed by atoms with E-state index in [1.54, 1.807) is 7.11 Å². The number of aromatic nitrogens is 1. The van der Waals surface area contributed by atoms with Crippen molar-refractivity contribution in [3.05, 3.63) is 17.7 Å². The van der Waals surface area contributed by atoms with E-state index in [2.05, 4.69) is 10.4 Å². The number of nitrogens with one attached hydrogen (secondary N) is 1. The highest BCUT2D eigenvalue weighted by atomic mass is 19.4. The minimum atomic E-state index is -4.42. The van der Waals surface area contributed by atoms with Gasteiger partial charge in [0, 0.05) is 20.2 Å². The van der Waals surface area contributed by atoms with Gasteiger partial charge in [0.1, 0.15) is 11.6 Å². The number of hydrogen-bond donors (Lipinski definition) is 2. The molecule has 1 saturated heterocycles. The maximum atomic E-state index is 12.8. The lowest BCUT2D eigenvalue weighted by molar-refractivity contribution is -0.137. The topological polar surface area (TPSA) is 63.4 Å². The number of nitrogens with zero attached hydrogens (tertiary/aromatic N) is 2. The highest BCUT2D eigenvalue weighted by Gasteiger charge is 2.32. The molecule has 2 rings (SSSR count). The molecule has 3 N–H and O–H groups in total. The van der Waals surface area contributed by atoms with Crippen molar-refractivity contribution in [1.29, 1.82) is 0 Å². The van der Waals surface area contributed by atoms with Gasteiger partial charge in [0.2, 0.25) is 0 Å². The molecule has 0 saturated carbocycles. The molecule has 1 aliphatic rings. The highest BCUT2D eigenvalue weighted by Crippen LogP contribution is 2.33. The lowest BCUT2D eigenvalue weighted by Gasteiger charge is -2.32. The monoisotopic (exact) mass is 290 g/mol. The van der Waals surface area contributed by atoms with Gasteiger partial charge in [-0.3, -0.25) is 0 Å². The molecular weight excluding hydrogens is 273 g/mol. The summed E-state index contributed by atoms with van der Waals surface area (Å²) in [7, 11) is 1.64. The summed E-state index contributed by atoms with van der Waals surface area (Å²) in [6.45, 7) is 1.22. The Kier molecular flexibility index (Phi) is 4.34. The molecule has 1 aromatic heterocycles. The number of methoxy groups -OCH3 is 1. The Hall–Kier alpha value is -1.54. The van der Waals surface area contributed by atoms with Crippen LogP contribution >= 0.6 is 0 Å². The minimum absolute atomic E-state index is 0.00342. The molecule has 20 heavy (non-hydrogen) atoms. The number of hydrazine groups is 1. The number of ether oxygens (including phenoxy) is 1. The first-order valence-electron chi connectivity index (χ1n) is 6.27.